The molecule has 19 heavy (non-hydrogen) atoms. The summed E-state index contributed by atoms with van der Waals surface area (Å²) < 4.78 is 5.47. The van der Waals surface area contributed by atoms with Crippen LogP contribution in [-0.4, -0.2) is 22.0 Å². The Morgan fingerprint density at radius 1 is 1.26 bits per heavy atom. The molecule has 0 amide bonds. The molecule has 102 valence electrons. The van der Waals surface area contributed by atoms with E-state index in [0.717, 1.165) is 18.9 Å². The minimum absolute atomic E-state index is 0.0183. The van der Waals surface area contributed by atoms with E-state index in [-0.39, 0.29) is 30.1 Å². The highest BCUT2D eigenvalue weighted by Gasteiger charge is 2.27. The molecule has 2 rings (SSSR count). The quantitative estimate of drug-likeness (QED) is 0.637. The SMILES string of the molecule is NC1CC(OCc2ccc([N+](=O)[O-])cc2[N+](=O)[O-])C1. The molecule has 0 aliphatic heterocycles. The Balaban J connectivity index is 2.10. The van der Waals surface area contributed by atoms with Gasteiger partial charge in [-0.15, -0.1) is 0 Å². The van der Waals surface area contributed by atoms with E-state index in [9.17, 15) is 20.2 Å². The van der Waals surface area contributed by atoms with Crippen LogP contribution in [0.4, 0.5) is 11.4 Å². The number of benzene rings is 1. The van der Waals surface area contributed by atoms with E-state index in [0.29, 0.717) is 5.56 Å². The number of rotatable bonds is 5. The number of nitrogens with two attached hydrogens (primary N) is 1. The molecule has 1 fully saturated rings. The predicted octanol–water partition coefficient (Wildman–Crippen LogP) is 1.51. The first-order valence-electron chi connectivity index (χ1n) is 5.76. The Bertz CT molecular complexity index is 513. The van der Waals surface area contributed by atoms with Gasteiger partial charge in [0.2, 0.25) is 0 Å². The lowest BCUT2D eigenvalue weighted by Crippen LogP contribution is -2.41. The van der Waals surface area contributed by atoms with Crippen molar-refractivity contribution in [2.24, 2.45) is 5.73 Å². The molecule has 1 aliphatic carbocycles. The van der Waals surface area contributed by atoms with Crippen molar-refractivity contribution >= 4 is 11.4 Å². The third-order valence-electron chi connectivity index (χ3n) is 3.08. The molecule has 0 unspecified atom stereocenters. The maximum atomic E-state index is 10.9. The summed E-state index contributed by atoms with van der Waals surface area (Å²) in [6.07, 6.45) is 1.49. The second-order valence-electron chi connectivity index (χ2n) is 4.49. The molecule has 1 aromatic rings. The molecular weight excluding hydrogens is 254 g/mol. The zero-order valence-electron chi connectivity index (χ0n) is 10.0. The standard InChI is InChI=1S/C11H13N3O5/c12-8-3-10(4-8)19-6-7-1-2-9(13(15)16)5-11(7)14(17)18/h1-2,5,8,10H,3-4,6,12H2. The van der Waals surface area contributed by atoms with Gasteiger partial charge < -0.3 is 10.5 Å². The van der Waals surface area contributed by atoms with Gasteiger partial charge in [-0.1, -0.05) is 0 Å². The molecule has 8 nitrogen and oxygen atoms in total. The summed E-state index contributed by atoms with van der Waals surface area (Å²) in [5.74, 6) is 0. The van der Waals surface area contributed by atoms with Crippen LogP contribution in [0.5, 0.6) is 0 Å². The van der Waals surface area contributed by atoms with E-state index in [1.54, 1.807) is 0 Å². The first kappa shape index (κ1) is 13.4. The summed E-state index contributed by atoms with van der Waals surface area (Å²) >= 11 is 0. The Hall–Kier alpha value is -2.06. The predicted molar refractivity (Wildman–Crippen MR) is 65.5 cm³/mol. The first-order chi connectivity index (χ1) is 8.97. The van der Waals surface area contributed by atoms with E-state index in [2.05, 4.69) is 0 Å². The molecule has 1 aliphatic rings. The fourth-order valence-electron chi connectivity index (χ4n) is 1.91. The third-order valence-corrected chi connectivity index (χ3v) is 3.08. The van der Waals surface area contributed by atoms with E-state index in [4.69, 9.17) is 10.5 Å². The molecule has 2 N–H and O–H groups in total. The van der Waals surface area contributed by atoms with Crippen LogP contribution in [-0.2, 0) is 11.3 Å². The van der Waals surface area contributed by atoms with Gasteiger partial charge in [0, 0.05) is 12.1 Å². The lowest BCUT2D eigenvalue weighted by atomic mass is 9.90. The molecule has 8 heteroatoms. The second-order valence-corrected chi connectivity index (χ2v) is 4.49. The monoisotopic (exact) mass is 267 g/mol. The van der Waals surface area contributed by atoms with Gasteiger partial charge in [0.15, 0.2) is 0 Å². The van der Waals surface area contributed by atoms with Crippen molar-refractivity contribution in [3.8, 4) is 0 Å². The molecule has 0 bridgehead atoms. The van der Waals surface area contributed by atoms with Crippen LogP contribution in [0, 0.1) is 20.2 Å². The van der Waals surface area contributed by atoms with Crippen LogP contribution in [0.15, 0.2) is 18.2 Å². The Morgan fingerprint density at radius 3 is 2.47 bits per heavy atom. The van der Waals surface area contributed by atoms with Gasteiger partial charge in [0.25, 0.3) is 11.4 Å². The van der Waals surface area contributed by atoms with E-state index in [1.807, 2.05) is 0 Å². The van der Waals surface area contributed by atoms with Crippen molar-refractivity contribution in [3.05, 3.63) is 44.0 Å². The molecular formula is C11H13N3O5. The number of ether oxygens (including phenoxy) is 1. The molecule has 0 heterocycles. The van der Waals surface area contributed by atoms with Crippen LogP contribution in [0.3, 0.4) is 0 Å². The van der Waals surface area contributed by atoms with E-state index in [1.165, 1.54) is 12.1 Å². The zero-order chi connectivity index (χ0) is 14.0. The normalized spacial score (nSPS) is 21.7. The number of non-ortho nitro benzene ring substituents is 1. The number of nitrogens with zero attached hydrogens (tertiary/aromatic N) is 2. The molecule has 0 aromatic heterocycles. The maximum Gasteiger partial charge on any atom is 0.281 e. The van der Waals surface area contributed by atoms with Crippen LogP contribution in [0.25, 0.3) is 0 Å². The summed E-state index contributed by atoms with van der Waals surface area (Å²) in [6, 6.07) is 3.68. The highest BCUT2D eigenvalue weighted by atomic mass is 16.6. The Morgan fingerprint density at radius 2 is 1.95 bits per heavy atom. The van der Waals surface area contributed by atoms with Gasteiger partial charge in [-0.2, -0.15) is 0 Å². The molecule has 0 atom stereocenters. The van der Waals surface area contributed by atoms with Crippen LogP contribution in [0.1, 0.15) is 18.4 Å². The Kier molecular flexibility index (Phi) is 3.72. The Labute approximate surface area is 108 Å². The van der Waals surface area contributed by atoms with Gasteiger partial charge in [-0.05, 0) is 18.9 Å². The lowest BCUT2D eigenvalue weighted by molar-refractivity contribution is -0.394. The van der Waals surface area contributed by atoms with E-state index < -0.39 is 9.85 Å². The maximum absolute atomic E-state index is 10.9. The highest BCUT2D eigenvalue weighted by Crippen LogP contribution is 2.28. The smallest absolute Gasteiger partial charge is 0.281 e. The molecule has 0 saturated heterocycles. The number of nitro benzene ring substituents is 2. The van der Waals surface area contributed by atoms with Crippen molar-refractivity contribution in [1.82, 2.24) is 0 Å². The third kappa shape index (κ3) is 3.04. The molecule has 0 spiro atoms. The summed E-state index contributed by atoms with van der Waals surface area (Å²) in [5, 5.41) is 21.5. The summed E-state index contributed by atoms with van der Waals surface area (Å²) in [4.78, 5) is 20.2. The minimum Gasteiger partial charge on any atom is -0.373 e. The van der Waals surface area contributed by atoms with Crippen molar-refractivity contribution in [1.29, 1.82) is 0 Å². The fraction of sp³-hybridized carbons (Fsp3) is 0.455. The van der Waals surface area contributed by atoms with Crippen LogP contribution in [0.2, 0.25) is 0 Å². The van der Waals surface area contributed by atoms with Crippen molar-refractivity contribution < 1.29 is 14.6 Å². The zero-order valence-corrected chi connectivity index (χ0v) is 10.0. The van der Waals surface area contributed by atoms with Crippen molar-refractivity contribution in [2.45, 2.75) is 31.6 Å². The number of hydrogen-bond donors (Lipinski definition) is 1. The van der Waals surface area contributed by atoms with Gasteiger partial charge >= 0.3 is 0 Å². The summed E-state index contributed by atoms with van der Waals surface area (Å²) in [7, 11) is 0. The van der Waals surface area contributed by atoms with Gasteiger partial charge in [-0.3, -0.25) is 20.2 Å². The second kappa shape index (κ2) is 5.29. The summed E-state index contributed by atoms with van der Waals surface area (Å²) in [6.45, 7) is 0.0612. The van der Waals surface area contributed by atoms with Crippen LogP contribution < -0.4 is 5.73 Å². The molecule has 0 radical (unpaired) electrons. The lowest BCUT2D eigenvalue weighted by Gasteiger charge is -2.32. The van der Waals surface area contributed by atoms with Gasteiger partial charge in [-0.25, -0.2) is 0 Å². The minimum atomic E-state index is -0.664. The van der Waals surface area contributed by atoms with Crippen molar-refractivity contribution in [2.75, 3.05) is 0 Å². The van der Waals surface area contributed by atoms with Crippen molar-refractivity contribution in [3.63, 3.8) is 0 Å². The van der Waals surface area contributed by atoms with Gasteiger partial charge in [0.1, 0.15) is 0 Å². The summed E-state index contributed by atoms with van der Waals surface area (Å²) in [5.41, 5.74) is 5.34. The average molecular weight is 267 g/mol. The molecule has 1 saturated carbocycles. The van der Waals surface area contributed by atoms with Gasteiger partial charge in [0.05, 0.1) is 34.2 Å². The topological polar surface area (TPSA) is 122 Å². The van der Waals surface area contributed by atoms with E-state index >= 15 is 0 Å². The number of nitro groups is 2. The largest absolute Gasteiger partial charge is 0.373 e. The highest BCUT2D eigenvalue weighted by molar-refractivity contribution is 5.48. The van der Waals surface area contributed by atoms with Crippen LogP contribution >= 0.6 is 0 Å². The number of hydrogen-bond acceptors (Lipinski definition) is 6. The fourth-order valence-corrected chi connectivity index (χ4v) is 1.91. The molecule has 1 aromatic carbocycles. The average Bonchev–Trinajstić information content (AvgIpc) is 2.32. The first-order valence-corrected chi connectivity index (χ1v) is 5.76.